The SMILES string of the molecule is CC(C)C1CNCCN1C1CCC(C)(C)CC1. The zero-order chi connectivity index (χ0) is 12.5. The molecule has 1 unspecified atom stereocenters. The van der Waals surface area contributed by atoms with Crippen LogP contribution >= 0.6 is 0 Å². The van der Waals surface area contributed by atoms with Crippen LogP contribution in [-0.4, -0.2) is 36.6 Å². The van der Waals surface area contributed by atoms with Gasteiger partial charge in [-0.2, -0.15) is 0 Å². The van der Waals surface area contributed by atoms with Crippen molar-refractivity contribution >= 4 is 0 Å². The van der Waals surface area contributed by atoms with Gasteiger partial charge in [-0.05, 0) is 37.0 Å². The fourth-order valence-electron chi connectivity index (χ4n) is 3.53. The van der Waals surface area contributed by atoms with Crippen LogP contribution in [0.4, 0.5) is 0 Å². The van der Waals surface area contributed by atoms with Gasteiger partial charge in [0, 0.05) is 31.7 Å². The molecule has 1 atom stereocenters. The molecule has 2 nitrogen and oxygen atoms in total. The van der Waals surface area contributed by atoms with Crippen molar-refractivity contribution in [2.45, 2.75) is 65.5 Å². The van der Waals surface area contributed by atoms with E-state index in [1.165, 1.54) is 45.3 Å². The maximum atomic E-state index is 3.56. The van der Waals surface area contributed by atoms with Gasteiger partial charge in [-0.15, -0.1) is 0 Å². The van der Waals surface area contributed by atoms with Crippen molar-refractivity contribution in [3.8, 4) is 0 Å². The molecule has 1 heterocycles. The minimum Gasteiger partial charge on any atom is -0.314 e. The Kier molecular flexibility index (Phi) is 4.14. The highest BCUT2D eigenvalue weighted by molar-refractivity contribution is 4.90. The number of nitrogens with zero attached hydrogens (tertiary/aromatic N) is 1. The summed E-state index contributed by atoms with van der Waals surface area (Å²) in [6.07, 6.45) is 5.64. The van der Waals surface area contributed by atoms with Crippen LogP contribution < -0.4 is 5.32 Å². The average Bonchev–Trinajstić information content (AvgIpc) is 2.29. The van der Waals surface area contributed by atoms with Gasteiger partial charge in [0.15, 0.2) is 0 Å². The lowest BCUT2D eigenvalue weighted by molar-refractivity contribution is 0.0370. The highest BCUT2D eigenvalue weighted by Gasteiger charge is 2.35. The van der Waals surface area contributed by atoms with Gasteiger partial charge in [0.1, 0.15) is 0 Å². The summed E-state index contributed by atoms with van der Waals surface area (Å²) in [5.41, 5.74) is 0.595. The van der Waals surface area contributed by atoms with E-state index in [0.29, 0.717) is 5.41 Å². The third kappa shape index (κ3) is 3.23. The van der Waals surface area contributed by atoms with Crippen molar-refractivity contribution in [3.05, 3.63) is 0 Å². The van der Waals surface area contributed by atoms with Gasteiger partial charge in [-0.1, -0.05) is 27.7 Å². The maximum Gasteiger partial charge on any atom is 0.0247 e. The molecule has 1 aliphatic heterocycles. The second kappa shape index (κ2) is 5.27. The van der Waals surface area contributed by atoms with Crippen molar-refractivity contribution < 1.29 is 0 Å². The van der Waals surface area contributed by atoms with Crippen LogP contribution in [-0.2, 0) is 0 Å². The number of piperazine rings is 1. The van der Waals surface area contributed by atoms with E-state index >= 15 is 0 Å². The Bertz CT molecular complexity index is 237. The van der Waals surface area contributed by atoms with E-state index in [0.717, 1.165) is 18.0 Å². The number of hydrogen-bond acceptors (Lipinski definition) is 2. The molecule has 0 amide bonds. The Morgan fingerprint density at radius 1 is 1.18 bits per heavy atom. The molecule has 0 spiro atoms. The number of hydrogen-bond donors (Lipinski definition) is 1. The molecule has 0 aromatic carbocycles. The minimum atomic E-state index is 0.595. The molecule has 0 aromatic rings. The summed E-state index contributed by atoms with van der Waals surface area (Å²) in [6.45, 7) is 13.2. The van der Waals surface area contributed by atoms with E-state index in [2.05, 4.69) is 37.9 Å². The van der Waals surface area contributed by atoms with E-state index < -0.39 is 0 Å². The molecule has 2 heteroatoms. The van der Waals surface area contributed by atoms with Crippen LogP contribution in [0.2, 0.25) is 0 Å². The maximum absolute atomic E-state index is 3.56. The van der Waals surface area contributed by atoms with Crippen LogP contribution in [0.25, 0.3) is 0 Å². The van der Waals surface area contributed by atoms with Gasteiger partial charge >= 0.3 is 0 Å². The number of rotatable bonds is 2. The van der Waals surface area contributed by atoms with Crippen LogP contribution in [0.3, 0.4) is 0 Å². The predicted molar refractivity (Wildman–Crippen MR) is 74.2 cm³/mol. The van der Waals surface area contributed by atoms with Crippen molar-refractivity contribution in [1.82, 2.24) is 10.2 Å². The van der Waals surface area contributed by atoms with Crippen molar-refractivity contribution in [1.29, 1.82) is 0 Å². The van der Waals surface area contributed by atoms with Gasteiger partial charge in [0.05, 0.1) is 0 Å². The van der Waals surface area contributed by atoms with E-state index in [1.807, 2.05) is 0 Å². The largest absolute Gasteiger partial charge is 0.314 e. The monoisotopic (exact) mass is 238 g/mol. The molecule has 100 valence electrons. The van der Waals surface area contributed by atoms with Crippen molar-refractivity contribution in [3.63, 3.8) is 0 Å². The molecule has 1 aliphatic carbocycles. The highest BCUT2D eigenvalue weighted by Crippen LogP contribution is 2.38. The molecule has 0 radical (unpaired) electrons. The van der Waals surface area contributed by atoms with Gasteiger partial charge in [0.2, 0.25) is 0 Å². The van der Waals surface area contributed by atoms with E-state index in [1.54, 1.807) is 0 Å². The summed E-state index contributed by atoms with van der Waals surface area (Å²) >= 11 is 0. The molecule has 1 N–H and O–H groups in total. The zero-order valence-electron chi connectivity index (χ0n) is 12.1. The third-order valence-electron chi connectivity index (χ3n) is 4.87. The second-order valence-corrected chi connectivity index (χ2v) is 7.15. The van der Waals surface area contributed by atoms with Crippen molar-refractivity contribution in [2.24, 2.45) is 11.3 Å². The summed E-state index contributed by atoms with van der Waals surface area (Å²) in [6, 6.07) is 1.62. The van der Waals surface area contributed by atoms with E-state index in [-0.39, 0.29) is 0 Å². The fourth-order valence-corrected chi connectivity index (χ4v) is 3.53. The molecule has 1 saturated carbocycles. The van der Waals surface area contributed by atoms with Crippen LogP contribution in [0.15, 0.2) is 0 Å². The lowest BCUT2D eigenvalue weighted by atomic mass is 9.74. The average molecular weight is 238 g/mol. The molecule has 2 aliphatic rings. The smallest absolute Gasteiger partial charge is 0.0247 e. The topological polar surface area (TPSA) is 15.3 Å². The quantitative estimate of drug-likeness (QED) is 0.796. The summed E-state index contributed by atoms with van der Waals surface area (Å²) in [7, 11) is 0. The van der Waals surface area contributed by atoms with Gasteiger partial charge in [-0.25, -0.2) is 0 Å². The lowest BCUT2D eigenvalue weighted by Crippen LogP contribution is -2.57. The molecule has 0 aromatic heterocycles. The first-order valence-corrected chi connectivity index (χ1v) is 7.46. The summed E-state index contributed by atoms with van der Waals surface area (Å²) in [5, 5.41) is 3.56. The van der Waals surface area contributed by atoms with Crippen LogP contribution in [0.1, 0.15) is 53.4 Å². The van der Waals surface area contributed by atoms with E-state index in [4.69, 9.17) is 0 Å². The van der Waals surface area contributed by atoms with Crippen LogP contribution in [0.5, 0.6) is 0 Å². The normalized spacial score (nSPS) is 31.9. The molecular formula is C15H30N2. The highest BCUT2D eigenvalue weighted by atomic mass is 15.2. The Morgan fingerprint density at radius 2 is 1.82 bits per heavy atom. The van der Waals surface area contributed by atoms with Crippen LogP contribution in [0, 0.1) is 11.3 Å². The fraction of sp³-hybridized carbons (Fsp3) is 1.00. The first-order chi connectivity index (χ1) is 7.99. The van der Waals surface area contributed by atoms with Gasteiger partial charge in [-0.3, -0.25) is 4.90 Å². The minimum absolute atomic E-state index is 0.595. The lowest BCUT2D eigenvalue weighted by Gasteiger charge is -2.47. The zero-order valence-corrected chi connectivity index (χ0v) is 12.1. The summed E-state index contributed by atoms with van der Waals surface area (Å²) in [4.78, 5) is 2.82. The Balaban J connectivity index is 1.96. The standard InChI is InChI=1S/C15H30N2/c1-12(2)14-11-16-9-10-17(14)13-5-7-15(3,4)8-6-13/h12-14,16H,5-11H2,1-4H3. The number of nitrogens with one attached hydrogen (secondary N) is 1. The third-order valence-corrected chi connectivity index (χ3v) is 4.87. The van der Waals surface area contributed by atoms with E-state index in [9.17, 15) is 0 Å². The van der Waals surface area contributed by atoms with Gasteiger partial charge < -0.3 is 5.32 Å². The van der Waals surface area contributed by atoms with Crippen molar-refractivity contribution in [2.75, 3.05) is 19.6 Å². The molecule has 2 fully saturated rings. The second-order valence-electron chi connectivity index (χ2n) is 7.15. The Labute approximate surface area is 107 Å². The first-order valence-electron chi connectivity index (χ1n) is 7.46. The Hall–Kier alpha value is -0.0800. The molecule has 1 saturated heterocycles. The molecule has 2 rings (SSSR count). The first kappa shape index (κ1) is 13.4. The Morgan fingerprint density at radius 3 is 2.41 bits per heavy atom. The molecule has 17 heavy (non-hydrogen) atoms. The predicted octanol–water partition coefficient (Wildman–Crippen LogP) is 2.89. The molecule has 0 bridgehead atoms. The summed E-state index contributed by atoms with van der Waals surface area (Å²) in [5.74, 6) is 0.776. The summed E-state index contributed by atoms with van der Waals surface area (Å²) < 4.78 is 0. The molecular weight excluding hydrogens is 208 g/mol. The van der Waals surface area contributed by atoms with Gasteiger partial charge in [0.25, 0.3) is 0 Å².